The minimum Gasteiger partial charge on any atom is -0.453 e. The Morgan fingerprint density at radius 1 is 1.42 bits per heavy atom. The van der Waals surface area contributed by atoms with Crippen LogP contribution >= 0.6 is 11.3 Å². The van der Waals surface area contributed by atoms with Gasteiger partial charge in [-0.1, -0.05) is 6.92 Å². The average molecular weight is 379 g/mol. The Morgan fingerprint density at radius 2 is 2.19 bits per heavy atom. The van der Waals surface area contributed by atoms with Crippen LogP contribution < -0.4 is 5.32 Å². The zero-order chi connectivity index (χ0) is 18.1. The normalized spacial score (nSPS) is 27.6. The molecule has 1 aliphatic carbocycles. The van der Waals surface area contributed by atoms with Gasteiger partial charge in [-0.2, -0.15) is 0 Å². The number of thiophene rings is 1. The molecule has 0 radical (unpaired) electrons. The molecule has 6 heteroatoms. The SMILES string of the molecule is CCc1cc2c(s1)CCOC21CCN(CC2CC(NC(=O)OC)C2)CC1. The summed E-state index contributed by atoms with van der Waals surface area (Å²) < 4.78 is 11.0. The van der Waals surface area contributed by atoms with Crippen molar-refractivity contribution in [3.8, 4) is 0 Å². The largest absolute Gasteiger partial charge is 0.453 e. The molecule has 2 fully saturated rings. The molecule has 1 saturated carbocycles. The topological polar surface area (TPSA) is 50.8 Å². The summed E-state index contributed by atoms with van der Waals surface area (Å²) in [6, 6.07) is 2.72. The van der Waals surface area contributed by atoms with Gasteiger partial charge in [-0.15, -0.1) is 11.3 Å². The van der Waals surface area contributed by atoms with E-state index in [-0.39, 0.29) is 11.7 Å². The number of ether oxygens (including phenoxy) is 2. The van der Waals surface area contributed by atoms with Gasteiger partial charge in [-0.3, -0.25) is 0 Å². The quantitative estimate of drug-likeness (QED) is 0.873. The van der Waals surface area contributed by atoms with Crippen LogP contribution in [0.5, 0.6) is 0 Å². The van der Waals surface area contributed by atoms with Gasteiger partial charge in [0.1, 0.15) is 0 Å². The molecule has 26 heavy (non-hydrogen) atoms. The Morgan fingerprint density at radius 3 is 2.88 bits per heavy atom. The van der Waals surface area contributed by atoms with Crippen LogP contribution in [0.3, 0.4) is 0 Å². The van der Waals surface area contributed by atoms with Crippen LogP contribution in [0.15, 0.2) is 6.07 Å². The molecule has 1 saturated heterocycles. The summed E-state index contributed by atoms with van der Waals surface area (Å²) >= 11 is 2.00. The van der Waals surface area contributed by atoms with Gasteiger partial charge < -0.3 is 19.7 Å². The Kier molecular flexibility index (Phi) is 5.26. The van der Waals surface area contributed by atoms with Gasteiger partial charge in [-0.05, 0) is 49.7 Å². The fourth-order valence-electron chi connectivity index (χ4n) is 4.75. The Bertz CT molecular complexity index is 645. The number of carbonyl (C=O) groups is 1. The number of nitrogens with one attached hydrogen (secondary N) is 1. The van der Waals surface area contributed by atoms with Crippen LogP contribution in [-0.2, 0) is 27.9 Å². The van der Waals surface area contributed by atoms with Crippen molar-refractivity contribution in [2.45, 2.75) is 57.1 Å². The highest BCUT2D eigenvalue weighted by molar-refractivity contribution is 7.12. The van der Waals surface area contributed by atoms with Crippen LogP contribution in [0.25, 0.3) is 0 Å². The van der Waals surface area contributed by atoms with Crippen LogP contribution in [0.1, 0.15) is 47.9 Å². The third-order valence-corrected chi connectivity index (χ3v) is 7.67. The van der Waals surface area contributed by atoms with Crippen LogP contribution in [0, 0.1) is 5.92 Å². The Hall–Kier alpha value is -1.11. The minimum atomic E-state index is -0.305. The van der Waals surface area contributed by atoms with E-state index in [9.17, 15) is 4.79 Å². The fourth-order valence-corrected chi connectivity index (χ4v) is 5.93. The number of piperidine rings is 1. The molecule has 3 aliphatic rings. The lowest BCUT2D eigenvalue weighted by atomic mass is 9.78. The molecule has 3 heterocycles. The second kappa shape index (κ2) is 7.49. The van der Waals surface area contributed by atoms with E-state index in [0.717, 1.165) is 64.8 Å². The Balaban J connectivity index is 1.29. The number of aryl methyl sites for hydroxylation is 1. The lowest BCUT2D eigenvalue weighted by Gasteiger charge is -2.46. The minimum absolute atomic E-state index is 0.0252. The van der Waals surface area contributed by atoms with Gasteiger partial charge in [0.15, 0.2) is 0 Å². The van der Waals surface area contributed by atoms with E-state index >= 15 is 0 Å². The van der Waals surface area contributed by atoms with Gasteiger partial charge in [0.05, 0.1) is 19.3 Å². The molecule has 0 aromatic carbocycles. The summed E-state index contributed by atoms with van der Waals surface area (Å²) in [7, 11) is 1.42. The van der Waals surface area contributed by atoms with Crippen molar-refractivity contribution in [1.82, 2.24) is 10.2 Å². The van der Waals surface area contributed by atoms with E-state index in [1.807, 2.05) is 11.3 Å². The highest BCUT2D eigenvalue weighted by Gasteiger charge is 2.42. The number of fused-ring (bicyclic) bond motifs is 2. The number of hydrogen-bond donors (Lipinski definition) is 1. The molecule has 144 valence electrons. The molecular weight excluding hydrogens is 348 g/mol. The van der Waals surface area contributed by atoms with E-state index in [1.54, 1.807) is 4.88 Å². The molecule has 0 bridgehead atoms. The van der Waals surface area contributed by atoms with Crippen LogP contribution in [0.2, 0.25) is 0 Å². The number of hydrogen-bond acceptors (Lipinski definition) is 5. The van der Waals surface area contributed by atoms with Gasteiger partial charge in [0.2, 0.25) is 0 Å². The number of carbonyl (C=O) groups excluding carboxylic acids is 1. The molecule has 1 aromatic rings. The smallest absolute Gasteiger partial charge is 0.407 e. The van der Waals surface area contributed by atoms with E-state index in [1.165, 1.54) is 17.6 Å². The lowest BCUT2D eigenvalue weighted by molar-refractivity contribution is -0.0996. The third kappa shape index (κ3) is 3.51. The van der Waals surface area contributed by atoms with Crippen molar-refractivity contribution in [1.29, 1.82) is 0 Å². The van der Waals surface area contributed by atoms with Gasteiger partial charge in [0, 0.05) is 41.9 Å². The summed E-state index contributed by atoms with van der Waals surface area (Å²) in [4.78, 5) is 16.9. The molecule has 1 spiro atoms. The molecule has 5 nitrogen and oxygen atoms in total. The zero-order valence-electron chi connectivity index (χ0n) is 15.9. The number of amides is 1. The molecule has 1 N–H and O–H groups in total. The second-order valence-corrected chi connectivity index (χ2v) is 9.19. The molecular formula is C20H30N2O3S. The number of rotatable bonds is 4. The predicted octanol–water partition coefficient (Wildman–Crippen LogP) is 3.31. The maximum absolute atomic E-state index is 11.3. The third-order valence-electron chi connectivity index (χ3n) is 6.33. The van der Waals surface area contributed by atoms with E-state index in [4.69, 9.17) is 4.74 Å². The van der Waals surface area contributed by atoms with Crippen molar-refractivity contribution in [2.75, 3.05) is 33.4 Å². The highest BCUT2D eigenvalue weighted by Crippen LogP contribution is 2.45. The van der Waals surface area contributed by atoms with Crippen molar-refractivity contribution in [3.63, 3.8) is 0 Å². The standard InChI is InChI=1S/C20H30N2O3S/c1-3-16-12-17-18(26-16)4-9-25-20(17)5-7-22(8-6-20)13-14-10-15(11-14)21-19(23)24-2/h12,14-15H,3-11,13H2,1-2H3,(H,21,23). The second-order valence-electron chi connectivity index (χ2n) is 7.97. The number of nitrogens with zero attached hydrogens (tertiary/aromatic N) is 1. The van der Waals surface area contributed by atoms with Gasteiger partial charge in [-0.25, -0.2) is 4.79 Å². The van der Waals surface area contributed by atoms with Crippen molar-refractivity contribution >= 4 is 17.4 Å². The van der Waals surface area contributed by atoms with Crippen molar-refractivity contribution in [3.05, 3.63) is 21.4 Å². The van der Waals surface area contributed by atoms with E-state index in [2.05, 4.69) is 27.9 Å². The molecule has 0 unspecified atom stereocenters. The maximum atomic E-state index is 11.3. The van der Waals surface area contributed by atoms with Crippen molar-refractivity contribution in [2.24, 2.45) is 5.92 Å². The summed E-state index contributed by atoms with van der Waals surface area (Å²) in [5.41, 5.74) is 1.47. The van der Waals surface area contributed by atoms with E-state index < -0.39 is 0 Å². The monoisotopic (exact) mass is 378 g/mol. The van der Waals surface area contributed by atoms with Crippen LogP contribution in [0.4, 0.5) is 4.79 Å². The van der Waals surface area contributed by atoms with E-state index in [0.29, 0.717) is 12.0 Å². The van der Waals surface area contributed by atoms with Crippen molar-refractivity contribution < 1.29 is 14.3 Å². The lowest BCUT2D eigenvalue weighted by Crippen LogP contribution is -2.51. The summed E-state index contributed by atoms with van der Waals surface area (Å²) in [6.45, 7) is 6.49. The molecule has 1 amide bonds. The molecule has 0 atom stereocenters. The van der Waals surface area contributed by atoms with Crippen LogP contribution in [-0.4, -0.2) is 50.4 Å². The Labute approximate surface area is 160 Å². The molecule has 4 rings (SSSR count). The average Bonchev–Trinajstić information content (AvgIpc) is 3.06. The summed E-state index contributed by atoms with van der Waals surface area (Å²) in [5, 5.41) is 2.90. The summed E-state index contributed by atoms with van der Waals surface area (Å²) in [5.74, 6) is 0.696. The number of methoxy groups -OCH3 is 1. The first-order chi connectivity index (χ1) is 12.6. The number of likely N-dealkylation sites (tertiary alicyclic amines) is 1. The molecule has 1 aromatic heterocycles. The number of alkyl carbamates (subject to hydrolysis) is 1. The fraction of sp³-hybridized carbons (Fsp3) is 0.750. The zero-order valence-corrected chi connectivity index (χ0v) is 16.7. The summed E-state index contributed by atoms with van der Waals surface area (Å²) in [6.07, 6.45) is 6.27. The highest BCUT2D eigenvalue weighted by atomic mass is 32.1. The maximum Gasteiger partial charge on any atom is 0.407 e. The predicted molar refractivity (Wildman–Crippen MR) is 103 cm³/mol. The molecule has 2 aliphatic heterocycles. The van der Waals surface area contributed by atoms with Gasteiger partial charge >= 0.3 is 6.09 Å². The first-order valence-corrected chi connectivity index (χ1v) is 10.8. The van der Waals surface area contributed by atoms with Gasteiger partial charge in [0.25, 0.3) is 0 Å². The first kappa shape index (κ1) is 18.3. The first-order valence-electron chi connectivity index (χ1n) is 9.94.